The zero-order chi connectivity index (χ0) is 9.78. The predicted molar refractivity (Wildman–Crippen MR) is 67.0 cm³/mol. The quantitative estimate of drug-likeness (QED) is 0.699. The van der Waals surface area contributed by atoms with E-state index < -0.39 is 0 Å². The molecule has 0 rings (SSSR count). The van der Waals surface area contributed by atoms with E-state index in [0.717, 1.165) is 0 Å². The summed E-state index contributed by atoms with van der Waals surface area (Å²) in [5.74, 6) is 0. The molecule has 0 aliphatic heterocycles. The average molecular weight is 222 g/mol. The monoisotopic (exact) mass is 222 g/mol. The first-order valence-corrected chi connectivity index (χ1v) is 7.51. The van der Waals surface area contributed by atoms with Crippen LogP contribution in [0.5, 0.6) is 0 Å². The van der Waals surface area contributed by atoms with Gasteiger partial charge in [-0.05, 0) is 24.2 Å². The maximum Gasteiger partial charge on any atom is 0.0496 e. The van der Waals surface area contributed by atoms with Gasteiger partial charge in [-0.15, -0.1) is 35.3 Å². The van der Waals surface area contributed by atoms with E-state index in [2.05, 4.69) is 39.5 Å². The van der Waals surface area contributed by atoms with E-state index in [9.17, 15) is 0 Å². The second-order valence-electron chi connectivity index (χ2n) is 3.48. The molecule has 0 bridgehead atoms. The molecule has 0 heterocycles. The lowest BCUT2D eigenvalue weighted by Crippen LogP contribution is -2.07. The van der Waals surface area contributed by atoms with Crippen LogP contribution in [0.25, 0.3) is 0 Å². The van der Waals surface area contributed by atoms with Gasteiger partial charge in [0.25, 0.3) is 0 Å². The Morgan fingerprint density at radius 3 is 1.33 bits per heavy atom. The van der Waals surface area contributed by atoms with Crippen LogP contribution >= 0.6 is 35.3 Å². The Morgan fingerprint density at radius 2 is 1.25 bits per heavy atom. The van der Waals surface area contributed by atoms with Gasteiger partial charge in [-0.2, -0.15) is 0 Å². The Labute approximate surface area is 89.3 Å². The third-order valence-electron chi connectivity index (χ3n) is 1.44. The zero-order valence-corrected chi connectivity index (χ0v) is 11.2. The maximum absolute atomic E-state index is 2.27. The fourth-order valence-corrected chi connectivity index (χ4v) is 4.39. The SMILES string of the molecule is CSC(SC)=C(SC)C(C)(C)C. The van der Waals surface area contributed by atoms with Gasteiger partial charge in [0.15, 0.2) is 0 Å². The van der Waals surface area contributed by atoms with Crippen molar-refractivity contribution in [3.05, 3.63) is 9.14 Å². The molecule has 0 saturated carbocycles. The first-order valence-electron chi connectivity index (χ1n) is 3.84. The predicted octanol–water partition coefficient (Wildman–Crippen LogP) is 4.29. The van der Waals surface area contributed by atoms with Gasteiger partial charge >= 0.3 is 0 Å². The fraction of sp³-hybridized carbons (Fsp3) is 0.778. The van der Waals surface area contributed by atoms with E-state index in [-0.39, 0.29) is 0 Å². The molecule has 0 unspecified atom stereocenters. The first-order chi connectivity index (χ1) is 5.47. The lowest BCUT2D eigenvalue weighted by atomic mass is 9.97. The molecule has 0 radical (unpaired) electrons. The van der Waals surface area contributed by atoms with Gasteiger partial charge < -0.3 is 0 Å². The van der Waals surface area contributed by atoms with Gasteiger partial charge in [-0.25, -0.2) is 0 Å². The van der Waals surface area contributed by atoms with Crippen molar-refractivity contribution >= 4 is 35.3 Å². The van der Waals surface area contributed by atoms with E-state index in [1.807, 2.05) is 35.3 Å². The largest absolute Gasteiger partial charge is 0.132 e. The Balaban J connectivity index is 4.82. The van der Waals surface area contributed by atoms with Crippen molar-refractivity contribution < 1.29 is 0 Å². The summed E-state index contributed by atoms with van der Waals surface area (Å²) < 4.78 is 1.45. The van der Waals surface area contributed by atoms with Crippen LogP contribution in [0.3, 0.4) is 0 Å². The van der Waals surface area contributed by atoms with Crippen LogP contribution in [0.4, 0.5) is 0 Å². The van der Waals surface area contributed by atoms with E-state index in [1.165, 1.54) is 9.14 Å². The molecule has 0 aliphatic rings. The van der Waals surface area contributed by atoms with Crippen LogP contribution in [-0.2, 0) is 0 Å². The van der Waals surface area contributed by atoms with E-state index in [4.69, 9.17) is 0 Å². The highest BCUT2D eigenvalue weighted by molar-refractivity contribution is 8.22. The second-order valence-corrected chi connectivity index (χ2v) is 6.19. The van der Waals surface area contributed by atoms with Gasteiger partial charge in [0, 0.05) is 9.14 Å². The molecule has 0 nitrogen and oxygen atoms in total. The normalized spacial score (nSPS) is 11.5. The summed E-state index contributed by atoms with van der Waals surface area (Å²) in [7, 11) is 0. The van der Waals surface area contributed by atoms with Crippen molar-refractivity contribution in [2.24, 2.45) is 5.41 Å². The fourth-order valence-electron chi connectivity index (χ4n) is 0.964. The highest BCUT2D eigenvalue weighted by Crippen LogP contribution is 2.42. The molecule has 12 heavy (non-hydrogen) atoms. The zero-order valence-electron chi connectivity index (χ0n) is 8.72. The Hall–Kier alpha value is 0.790. The molecule has 0 saturated heterocycles. The number of hydrogen-bond donors (Lipinski definition) is 0. The van der Waals surface area contributed by atoms with Crippen LogP contribution in [0.1, 0.15) is 20.8 Å². The summed E-state index contributed by atoms with van der Waals surface area (Å²) in [5.41, 5.74) is 0.292. The van der Waals surface area contributed by atoms with Crippen molar-refractivity contribution in [2.45, 2.75) is 20.8 Å². The third-order valence-corrected chi connectivity index (χ3v) is 5.07. The third kappa shape index (κ3) is 3.67. The van der Waals surface area contributed by atoms with Gasteiger partial charge in [0.05, 0.1) is 0 Å². The number of allylic oxidation sites excluding steroid dienone is 1. The summed E-state index contributed by atoms with van der Waals surface area (Å²) in [4.78, 5) is 1.50. The summed E-state index contributed by atoms with van der Waals surface area (Å²) in [6, 6.07) is 0. The van der Waals surface area contributed by atoms with Gasteiger partial charge in [0.2, 0.25) is 0 Å². The smallest absolute Gasteiger partial charge is 0.0496 e. The molecule has 3 heteroatoms. The van der Waals surface area contributed by atoms with Crippen molar-refractivity contribution in [1.82, 2.24) is 0 Å². The molecule has 0 aromatic heterocycles. The van der Waals surface area contributed by atoms with Gasteiger partial charge in [-0.3, -0.25) is 0 Å². The summed E-state index contributed by atoms with van der Waals surface area (Å²) >= 11 is 5.57. The van der Waals surface area contributed by atoms with Crippen molar-refractivity contribution in [3.8, 4) is 0 Å². The maximum atomic E-state index is 2.27. The minimum Gasteiger partial charge on any atom is -0.132 e. The molecule has 0 aromatic carbocycles. The average Bonchev–Trinajstić information content (AvgIpc) is 1.97. The second kappa shape index (κ2) is 5.51. The molecule has 0 N–H and O–H groups in total. The van der Waals surface area contributed by atoms with Crippen molar-refractivity contribution in [1.29, 1.82) is 0 Å². The lowest BCUT2D eigenvalue weighted by molar-refractivity contribution is 0.534. The van der Waals surface area contributed by atoms with Crippen molar-refractivity contribution in [2.75, 3.05) is 18.8 Å². The van der Waals surface area contributed by atoms with Crippen LogP contribution in [0, 0.1) is 5.41 Å². The Morgan fingerprint density at radius 1 is 0.833 bits per heavy atom. The highest BCUT2D eigenvalue weighted by atomic mass is 32.2. The van der Waals surface area contributed by atoms with Gasteiger partial charge in [0.1, 0.15) is 0 Å². The van der Waals surface area contributed by atoms with E-state index >= 15 is 0 Å². The molecular formula is C9H18S3. The summed E-state index contributed by atoms with van der Waals surface area (Å²) in [6.07, 6.45) is 6.45. The van der Waals surface area contributed by atoms with Crippen LogP contribution < -0.4 is 0 Å². The molecule has 0 aromatic rings. The summed E-state index contributed by atoms with van der Waals surface area (Å²) in [6.45, 7) is 6.81. The molecule has 0 atom stereocenters. The molecule has 0 spiro atoms. The van der Waals surface area contributed by atoms with Crippen LogP contribution in [0.2, 0.25) is 0 Å². The highest BCUT2D eigenvalue weighted by Gasteiger charge is 2.19. The summed E-state index contributed by atoms with van der Waals surface area (Å²) in [5, 5.41) is 0. The number of thioether (sulfide) groups is 3. The standard InChI is InChI=1S/C9H18S3/c1-9(2,3)7(10-4)8(11-5)12-6/h1-6H3. The van der Waals surface area contributed by atoms with Crippen molar-refractivity contribution in [3.63, 3.8) is 0 Å². The van der Waals surface area contributed by atoms with E-state index in [1.54, 1.807) is 0 Å². The molecule has 0 aliphatic carbocycles. The Kier molecular flexibility index (Phi) is 5.87. The topological polar surface area (TPSA) is 0 Å². The molecule has 0 fully saturated rings. The van der Waals surface area contributed by atoms with Crippen LogP contribution in [-0.4, -0.2) is 18.8 Å². The minimum absolute atomic E-state index is 0.292. The lowest BCUT2D eigenvalue weighted by Gasteiger charge is -2.23. The minimum atomic E-state index is 0.292. The van der Waals surface area contributed by atoms with Gasteiger partial charge in [-0.1, -0.05) is 20.8 Å². The van der Waals surface area contributed by atoms with E-state index in [0.29, 0.717) is 5.41 Å². The molecule has 72 valence electrons. The molecular weight excluding hydrogens is 204 g/mol. The number of hydrogen-bond acceptors (Lipinski definition) is 3. The molecule has 0 amide bonds. The first kappa shape index (κ1) is 12.8. The Bertz CT molecular complexity index is 159. The number of rotatable bonds is 3. The van der Waals surface area contributed by atoms with Crippen LogP contribution in [0.15, 0.2) is 9.14 Å².